The van der Waals surface area contributed by atoms with E-state index in [-0.39, 0.29) is 0 Å². The van der Waals surface area contributed by atoms with E-state index in [9.17, 15) is 0 Å². The van der Waals surface area contributed by atoms with Gasteiger partial charge in [0.05, 0.1) is 10.3 Å². The normalized spacial score (nSPS) is 10.7. The fraction of sp³-hybridized carbons (Fsp3) is 0.500. The van der Waals surface area contributed by atoms with E-state index in [2.05, 4.69) is 31.0 Å². The Morgan fingerprint density at radius 1 is 1.23 bits per heavy atom. The molecule has 0 fully saturated rings. The van der Waals surface area contributed by atoms with Crippen LogP contribution in [0.3, 0.4) is 0 Å². The highest BCUT2D eigenvalue weighted by Gasteiger charge is 2.10. The Balaban J connectivity index is 2.64. The zero-order chi connectivity index (χ0) is 9.52. The summed E-state index contributed by atoms with van der Waals surface area (Å²) in [6.45, 7) is 4.38. The lowest BCUT2D eigenvalue weighted by molar-refractivity contribution is 1.16. The smallest absolute Gasteiger partial charge is 0.0921 e. The molecule has 1 aromatic heterocycles. The molecule has 0 aliphatic carbocycles. The highest BCUT2D eigenvalue weighted by atomic mass is 32.2. The van der Waals surface area contributed by atoms with Gasteiger partial charge >= 0.3 is 0 Å². The van der Waals surface area contributed by atoms with Crippen molar-refractivity contribution in [2.75, 3.05) is 11.5 Å². The van der Waals surface area contributed by atoms with Crippen LogP contribution in [0.1, 0.15) is 24.1 Å². The molecule has 1 heterocycles. The summed E-state index contributed by atoms with van der Waals surface area (Å²) >= 11 is 3.91. The fourth-order valence-corrected chi connectivity index (χ4v) is 3.46. The maximum Gasteiger partial charge on any atom is 0.0921 e. The summed E-state index contributed by atoms with van der Waals surface area (Å²) in [6.07, 6.45) is 1.87. The molecule has 0 aliphatic rings. The van der Waals surface area contributed by atoms with Crippen molar-refractivity contribution in [3.05, 3.63) is 30.1 Å². The van der Waals surface area contributed by atoms with Crippen LogP contribution in [-0.4, -0.2) is 16.5 Å². The number of hydrogen-bond acceptors (Lipinski definition) is 3. The van der Waals surface area contributed by atoms with Gasteiger partial charge in [-0.15, -0.1) is 23.5 Å². The fourth-order valence-electron chi connectivity index (χ4n) is 1.04. The van der Waals surface area contributed by atoms with Crippen molar-refractivity contribution in [1.29, 1.82) is 0 Å². The third-order valence-corrected chi connectivity index (χ3v) is 4.14. The van der Waals surface area contributed by atoms with Crippen molar-refractivity contribution < 1.29 is 0 Å². The average Bonchev–Trinajstić information content (AvgIpc) is 2.19. The summed E-state index contributed by atoms with van der Waals surface area (Å²) in [5, 5.41) is 0. The lowest BCUT2D eigenvalue weighted by Gasteiger charge is -2.13. The number of nitrogens with zero attached hydrogens (tertiary/aromatic N) is 1. The maximum absolute atomic E-state index is 4.37. The van der Waals surface area contributed by atoms with E-state index in [1.165, 1.54) is 5.69 Å². The van der Waals surface area contributed by atoms with Crippen LogP contribution in [0.4, 0.5) is 0 Å². The maximum atomic E-state index is 4.37. The summed E-state index contributed by atoms with van der Waals surface area (Å²) in [6, 6.07) is 6.13. The third kappa shape index (κ3) is 3.61. The minimum Gasteiger partial charge on any atom is -0.259 e. The molecular formula is C10H15NS2. The van der Waals surface area contributed by atoms with E-state index in [0.717, 1.165) is 11.5 Å². The van der Waals surface area contributed by atoms with Crippen molar-refractivity contribution in [3.8, 4) is 0 Å². The number of rotatable bonds is 5. The van der Waals surface area contributed by atoms with Gasteiger partial charge in [0.1, 0.15) is 0 Å². The summed E-state index contributed by atoms with van der Waals surface area (Å²) in [5.41, 5.74) is 1.20. The van der Waals surface area contributed by atoms with Gasteiger partial charge in [0.2, 0.25) is 0 Å². The van der Waals surface area contributed by atoms with Crippen LogP contribution < -0.4 is 0 Å². The molecule has 0 unspecified atom stereocenters. The Bertz CT molecular complexity index is 220. The Morgan fingerprint density at radius 2 is 1.92 bits per heavy atom. The van der Waals surface area contributed by atoms with E-state index in [0.29, 0.717) is 4.58 Å². The molecule has 0 N–H and O–H groups in total. The van der Waals surface area contributed by atoms with Crippen LogP contribution in [0.15, 0.2) is 24.4 Å². The number of thioether (sulfide) groups is 2. The minimum absolute atomic E-state index is 0.510. The molecular weight excluding hydrogens is 198 g/mol. The molecule has 0 aromatic carbocycles. The first-order chi connectivity index (χ1) is 6.38. The van der Waals surface area contributed by atoms with Gasteiger partial charge in [-0.05, 0) is 23.6 Å². The molecule has 13 heavy (non-hydrogen) atoms. The van der Waals surface area contributed by atoms with E-state index in [1.54, 1.807) is 0 Å². The Kier molecular flexibility index (Phi) is 5.32. The highest BCUT2D eigenvalue weighted by Crippen LogP contribution is 2.37. The second-order valence-corrected chi connectivity index (χ2v) is 5.56. The van der Waals surface area contributed by atoms with Crippen molar-refractivity contribution >= 4 is 23.5 Å². The topological polar surface area (TPSA) is 12.9 Å². The molecule has 0 saturated heterocycles. The van der Waals surface area contributed by atoms with Crippen molar-refractivity contribution in [1.82, 2.24) is 4.98 Å². The predicted molar refractivity (Wildman–Crippen MR) is 63.2 cm³/mol. The van der Waals surface area contributed by atoms with Crippen LogP contribution in [0.2, 0.25) is 0 Å². The summed E-state index contributed by atoms with van der Waals surface area (Å²) in [5.74, 6) is 2.29. The van der Waals surface area contributed by atoms with Crippen molar-refractivity contribution in [2.24, 2.45) is 0 Å². The van der Waals surface area contributed by atoms with E-state index < -0.39 is 0 Å². The van der Waals surface area contributed by atoms with Gasteiger partial charge in [0.25, 0.3) is 0 Å². The van der Waals surface area contributed by atoms with Gasteiger partial charge in [-0.3, -0.25) is 4.98 Å². The zero-order valence-electron chi connectivity index (χ0n) is 8.06. The number of hydrogen-bond donors (Lipinski definition) is 0. The van der Waals surface area contributed by atoms with E-state index >= 15 is 0 Å². The third-order valence-electron chi connectivity index (χ3n) is 1.57. The van der Waals surface area contributed by atoms with Gasteiger partial charge in [-0.2, -0.15) is 0 Å². The average molecular weight is 213 g/mol. The quantitative estimate of drug-likeness (QED) is 0.694. The first-order valence-electron chi connectivity index (χ1n) is 4.52. The number of pyridine rings is 1. The molecule has 0 bridgehead atoms. The van der Waals surface area contributed by atoms with Crippen LogP contribution in [0, 0.1) is 0 Å². The molecule has 0 saturated carbocycles. The predicted octanol–water partition coefficient (Wildman–Crippen LogP) is 3.59. The SMILES string of the molecule is CCSC(SCC)c1ccccn1. The van der Waals surface area contributed by atoms with Crippen LogP contribution in [0.5, 0.6) is 0 Å². The molecule has 0 aliphatic heterocycles. The van der Waals surface area contributed by atoms with Crippen LogP contribution in [-0.2, 0) is 0 Å². The van der Waals surface area contributed by atoms with E-state index in [4.69, 9.17) is 0 Å². The molecule has 0 amide bonds. The van der Waals surface area contributed by atoms with Gasteiger partial charge in [-0.25, -0.2) is 0 Å². The molecule has 1 nitrogen and oxygen atoms in total. The Labute approximate surface area is 88.7 Å². The molecule has 72 valence electrons. The summed E-state index contributed by atoms with van der Waals surface area (Å²) < 4.78 is 0.510. The van der Waals surface area contributed by atoms with Gasteiger partial charge in [0.15, 0.2) is 0 Å². The van der Waals surface area contributed by atoms with Crippen LogP contribution in [0.25, 0.3) is 0 Å². The first-order valence-corrected chi connectivity index (χ1v) is 6.62. The monoisotopic (exact) mass is 213 g/mol. The van der Waals surface area contributed by atoms with E-state index in [1.807, 2.05) is 35.8 Å². The summed E-state index contributed by atoms with van der Waals surface area (Å²) in [4.78, 5) is 4.37. The molecule has 1 aromatic rings. The first kappa shape index (κ1) is 10.9. The zero-order valence-corrected chi connectivity index (χ0v) is 9.70. The minimum atomic E-state index is 0.510. The standard InChI is InChI=1S/C10H15NS2/c1-3-12-10(13-4-2)9-7-5-6-8-11-9/h5-8,10H,3-4H2,1-2H3. The molecule has 3 heteroatoms. The Hall–Kier alpha value is -0.150. The molecule has 1 rings (SSSR count). The molecule has 0 radical (unpaired) electrons. The molecule has 0 atom stereocenters. The molecule has 0 spiro atoms. The Morgan fingerprint density at radius 3 is 2.38 bits per heavy atom. The second kappa shape index (κ2) is 6.33. The second-order valence-electron chi connectivity index (χ2n) is 2.50. The van der Waals surface area contributed by atoms with Crippen LogP contribution >= 0.6 is 23.5 Å². The highest BCUT2D eigenvalue weighted by molar-refractivity contribution is 8.16. The van der Waals surface area contributed by atoms with Crippen molar-refractivity contribution in [3.63, 3.8) is 0 Å². The van der Waals surface area contributed by atoms with Gasteiger partial charge in [0, 0.05) is 6.20 Å². The lowest BCUT2D eigenvalue weighted by Crippen LogP contribution is -1.93. The van der Waals surface area contributed by atoms with Gasteiger partial charge in [-0.1, -0.05) is 19.9 Å². The number of aromatic nitrogens is 1. The lowest BCUT2D eigenvalue weighted by atomic mass is 10.4. The summed E-state index contributed by atoms with van der Waals surface area (Å²) in [7, 11) is 0. The van der Waals surface area contributed by atoms with Gasteiger partial charge < -0.3 is 0 Å². The van der Waals surface area contributed by atoms with Crippen molar-refractivity contribution in [2.45, 2.75) is 18.4 Å². The largest absolute Gasteiger partial charge is 0.259 e.